The number of benzene rings is 4. The second kappa shape index (κ2) is 60.7. The molecule has 0 N–H and O–H groups in total. The molecule has 48 heteroatoms. The van der Waals surface area contributed by atoms with Crippen LogP contribution in [-0.4, -0.2) is 350 Å². The molecule has 20 atom stereocenters. The normalized spacial score (nSPS) is 23.5. The van der Waals surface area contributed by atoms with E-state index >= 15 is 0 Å². The minimum atomic E-state index is -1.47. The van der Waals surface area contributed by atoms with Crippen LogP contribution in [0.5, 0.6) is 23.0 Å². The van der Waals surface area contributed by atoms with Crippen molar-refractivity contribution >= 4 is 107 Å². The molecule has 4 aromatic carbocycles. The first kappa shape index (κ1) is 118. The first-order valence-corrected chi connectivity index (χ1v) is 46.3. The minimum Gasteiger partial charge on any atom is -0.491 e. The number of esters is 16. The number of carbonyl (C=O) groups excluding carboxylic acids is 16. The fraction of sp³-hybridized carbons (Fsp3) is 0.571. The van der Waals surface area contributed by atoms with Gasteiger partial charge in [-0.1, -0.05) is 48.5 Å². The molecular formula is C98H124O48. The third kappa shape index (κ3) is 40.0. The topological polar surface area (TPSA) is 568 Å². The third-order valence-corrected chi connectivity index (χ3v) is 20.6. The van der Waals surface area contributed by atoms with Crippen LogP contribution in [0.3, 0.4) is 0 Å². The van der Waals surface area contributed by atoms with Crippen molar-refractivity contribution < 1.29 is 228 Å². The van der Waals surface area contributed by atoms with Gasteiger partial charge in [0.05, 0.1) is 79.3 Å². The van der Waals surface area contributed by atoms with Crippen LogP contribution in [0.4, 0.5) is 0 Å². The highest BCUT2D eigenvalue weighted by molar-refractivity contribution is 6.05. The Morgan fingerprint density at radius 2 is 0.336 bits per heavy atom. The fourth-order valence-corrected chi connectivity index (χ4v) is 15.2. The van der Waals surface area contributed by atoms with Crippen molar-refractivity contribution in [3.05, 3.63) is 119 Å². The van der Waals surface area contributed by atoms with Gasteiger partial charge in [-0.25, -0.2) is 0 Å². The monoisotopic (exact) mass is 2070 g/mol. The van der Waals surface area contributed by atoms with E-state index in [0.717, 1.165) is 111 Å². The molecule has 146 heavy (non-hydrogen) atoms. The van der Waals surface area contributed by atoms with Gasteiger partial charge in [0.2, 0.25) is 0 Å². The lowest BCUT2D eigenvalue weighted by atomic mass is 9.85. The Hall–Kier alpha value is -13.1. The Balaban J connectivity index is 1.05. The standard InChI is InChI=1S/C98H124O48/c1-53(99)127-49-77-83(131-57(5)103)87(135-61(9)107)91(139-65(13)111)95(143-77)123-45-37-115-33-41-119-73-25-17-69(18-26-73)81(70-19-27-74(28-20-70)120-42-34-116-38-46-124-96-92(140-66(14)112)88(136-62(10)108)84(132-58(6)104)78(144-96)50-128-54(2)100)82(71-21-29-75(30-22-71)121-43-35-117-39-47-125-97-93(141-67(15)113)89(137-63(11)109)85(133-59(7)105)79(145-97)51-129-55(3)101)72-23-31-76(32-24-72)122-44-36-118-40-48-126-98-94(142-68(16)114)90(138-64(12)110)86(134-60(8)106)80(146-98)52-130-56(4)102/h17-32,77-80,83-98H,33-52H2,1-16H3/t77-,78-,79-,80-,83-,84-,85-,86-,87+,88+,89+,90+,91+,92+,93+,94+,95+,96+,97+,98+/m0/s1. The molecule has 0 spiro atoms. The Morgan fingerprint density at radius 1 is 0.185 bits per heavy atom. The molecule has 4 aliphatic rings. The molecule has 4 fully saturated rings. The van der Waals surface area contributed by atoms with Crippen molar-refractivity contribution in [2.24, 2.45) is 0 Å². The van der Waals surface area contributed by atoms with E-state index in [1.54, 1.807) is 48.5 Å². The molecule has 4 aliphatic heterocycles. The zero-order valence-electron chi connectivity index (χ0n) is 83.5. The molecule has 0 saturated carbocycles. The van der Waals surface area contributed by atoms with E-state index in [-0.39, 0.29) is 106 Å². The van der Waals surface area contributed by atoms with E-state index in [2.05, 4.69) is 0 Å². The second-order valence-electron chi connectivity index (χ2n) is 32.4. The van der Waals surface area contributed by atoms with Gasteiger partial charge in [0.15, 0.2) is 98.4 Å². The maximum absolute atomic E-state index is 12.5. The average Bonchev–Trinajstić information content (AvgIpc) is 0.793. The number of rotatable bonds is 56. The van der Waals surface area contributed by atoms with Crippen molar-refractivity contribution in [1.29, 1.82) is 0 Å². The van der Waals surface area contributed by atoms with Crippen molar-refractivity contribution in [2.75, 3.05) is 132 Å². The van der Waals surface area contributed by atoms with Crippen LogP contribution in [0.25, 0.3) is 11.1 Å². The van der Waals surface area contributed by atoms with Crippen LogP contribution in [0.15, 0.2) is 97.1 Å². The zero-order valence-corrected chi connectivity index (χ0v) is 83.5. The predicted molar refractivity (Wildman–Crippen MR) is 488 cm³/mol. The lowest BCUT2D eigenvalue weighted by molar-refractivity contribution is -0.309. The Morgan fingerprint density at radius 3 is 0.493 bits per heavy atom. The molecule has 0 unspecified atom stereocenters. The second-order valence-corrected chi connectivity index (χ2v) is 32.4. The molecule has 0 amide bonds. The molecule has 4 aromatic rings. The molecule has 0 bridgehead atoms. The van der Waals surface area contributed by atoms with Crippen molar-refractivity contribution in [1.82, 2.24) is 0 Å². The average molecular weight is 2070 g/mol. The van der Waals surface area contributed by atoms with Gasteiger partial charge < -0.3 is 152 Å². The molecule has 48 nitrogen and oxygen atoms in total. The van der Waals surface area contributed by atoms with E-state index in [9.17, 15) is 76.7 Å². The smallest absolute Gasteiger partial charge is 0.303 e. The van der Waals surface area contributed by atoms with Crippen LogP contribution >= 0.6 is 0 Å². The van der Waals surface area contributed by atoms with Gasteiger partial charge in [-0.15, -0.1) is 0 Å². The van der Waals surface area contributed by atoms with Crippen LogP contribution < -0.4 is 18.9 Å². The quantitative estimate of drug-likeness (QED) is 0.0251. The molecule has 804 valence electrons. The molecule has 4 heterocycles. The molecule has 0 radical (unpaired) electrons. The van der Waals surface area contributed by atoms with Gasteiger partial charge >= 0.3 is 95.5 Å². The van der Waals surface area contributed by atoms with Crippen LogP contribution in [0.1, 0.15) is 133 Å². The molecule has 8 rings (SSSR count). The van der Waals surface area contributed by atoms with Gasteiger partial charge in [-0.2, -0.15) is 0 Å². The fourth-order valence-electron chi connectivity index (χ4n) is 15.2. The summed E-state index contributed by atoms with van der Waals surface area (Å²) in [5.41, 5.74) is 3.93. The van der Waals surface area contributed by atoms with E-state index in [1.165, 1.54) is 0 Å². The lowest BCUT2D eigenvalue weighted by Gasteiger charge is -2.44. The maximum atomic E-state index is 12.5. The molecule has 0 aliphatic carbocycles. The highest BCUT2D eigenvalue weighted by Crippen LogP contribution is 2.41. The van der Waals surface area contributed by atoms with Gasteiger partial charge in [-0.05, 0) is 81.9 Å². The number of ether oxygens (including phenoxy) is 32. The van der Waals surface area contributed by atoms with Crippen LogP contribution in [-0.2, 0) is 209 Å². The largest absolute Gasteiger partial charge is 0.491 e. The Labute approximate surface area is 839 Å². The summed E-state index contributed by atoms with van der Waals surface area (Å²) in [7, 11) is 0. The maximum Gasteiger partial charge on any atom is 0.303 e. The SMILES string of the molecule is CC(=O)OC[C@@H]1O[C@@H](OCCOCCOc2ccc(C(=C(c3ccc(OCCOCCO[C@@H]4O[C@@H](COC(C)=O)[C@H](OC(C)=O)[C@@H](OC(C)=O)[C@H]4OC(C)=O)cc3)c3ccc(OCCOCCO[C@@H]4O[C@@H](COC(C)=O)[C@H](OC(C)=O)[C@@H](OC(C)=O)[C@H]4OC(C)=O)cc3)c3ccc(OCCOCCO[C@@H]4O[C@@H](COC(C)=O)[C@H](OC(C)=O)[C@@H](OC(C)=O)[C@H]4OC(C)=O)cc3)cc2)[C@H](OC(C)=O)[C@H](OC(C)=O)[C@H]1OC(C)=O. The van der Waals surface area contributed by atoms with Gasteiger partial charge in [0.1, 0.15) is 100 Å². The summed E-state index contributed by atoms with van der Waals surface area (Å²) in [4.78, 5) is 197. The van der Waals surface area contributed by atoms with Gasteiger partial charge in [-0.3, -0.25) is 76.7 Å². The predicted octanol–water partition coefficient (Wildman–Crippen LogP) is 4.67. The van der Waals surface area contributed by atoms with Crippen molar-refractivity contribution in [3.8, 4) is 23.0 Å². The van der Waals surface area contributed by atoms with E-state index in [0.29, 0.717) is 56.4 Å². The lowest BCUT2D eigenvalue weighted by Crippen LogP contribution is -2.63. The molecular weight excluding hydrogens is 1950 g/mol. The van der Waals surface area contributed by atoms with Crippen LogP contribution in [0, 0.1) is 0 Å². The highest BCUT2D eigenvalue weighted by Gasteiger charge is 2.57. The number of carbonyl (C=O) groups is 16. The van der Waals surface area contributed by atoms with E-state index in [1.807, 2.05) is 48.5 Å². The Bertz CT molecular complexity index is 4370. The van der Waals surface area contributed by atoms with Crippen molar-refractivity contribution in [2.45, 2.75) is 234 Å². The Kier molecular flexibility index (Phi) is 49.1. The summed E-state index contributed by atoms with van der Waals surface area (Å²) >= 11 is 0. The van der Waals surface area contributed by atoms with Crippen LogP contribution in [0.2, 0.25) is 0 Å². The van der Waals surface area contributed by atoms with Gasteiger partial charge in [0.25, 0.3) is 0 Å². The molecule has 4 saturated heterocycles. The summed E-state index contributed by atoms with van der Waals surface area (Å²) in [6.45, 7) is 14.7. The summed E-state index contributed by atoms with van der Waals surface area (Å²) in [6.07, 6.45) is -28.2. The summed E-state index contributed by atoms with van der Waals surface area (Å²) in [6, 6.07) is 28.7. The number of hydrogen-bond donors (Lipinski definition) is 0. The summed E-state index contributed by atoms with van der Waals surface area (Å²) < 4.78 is 183. The minimum absolute atomic E-state index is 0.00268. The first-order valence-electron chi connectivity index (χ1n) is 46.3. The highest BCUT2D eigenvalue weighted by atomic mass is 16.8. The summed E-state index contributed by atoms with van der Waals surface area (Å²) in [5, 5.41) is 0. The van der Waals surface area contributed by atoms with Crippen molar-refractivity contribution in [3.63, 3.8) is 0 Å². The first-order chi connectivity index (χ1) is 69.6. The van der Waals surface area contributed by atoms with Gasteiger partial charge in [0, 0.05) is 111 Å². The van der Waals surface area contributed by atoms with E-state index in [4.69, 9.17) is 152 Å². The molecule has 0 aromatic heterocycles. The zero-order chi connectivity index (χ0) is 107. The third-order valence-electron chi connectivity index (χ3n) is 20.6. The summed E-state index contributed by atoms with van der Waals surface area (Å²) in [5.74, 6) is -11.0. The van der Waals surface area contributed by atoms with E-state index < -0.39 is 245 Å². The number of hydrogen-bond acceptors (Lipinski definition) is 48.